The number of benzene rings is 1. The van der Waals surface area contributed by atoms with Crippen molar-refractivity contribution in [3.05, 3.63) is 35.7 Å². The van der Waals surface area contributed by atoms with E-state index in [1.807, 2.05) is 24.3 Å². The van der Waals surface area contributed by atoms with Crippen LogP contribution in [-0.4, -0.2) is 33.7 Å². The summed E-state index contributed by atoms with van der Waals surface area (Å²) in [6.45, 7) is 4.44. The van der Waals surface area contributed by atoms with Gasteiger partial charge in [0.25, 0.3) is 0 Å². The van der Waals surface area contributed by atoms with Gasteiger partial charge in [-0.3, -0.25) is 9.59 Å². The lowest BCUT2D eigenvalue weighted by Crippen LogP contribution is -2.34. The Morgan fingerprint density at radius 3 is 2.54 bits per heavy atom. The first-order valence-corrected chi connectivity index (χ1v) is 8.83. The summed E-state index contributed by atoms with van der Waals surface area (Å²) in [6.07, 6.45) is 1.74. The highest BCUT2D eigenvalue weighted by atomic mass is 16.5. The summed E-state index contributed by atoms with van der Waals surface area (Å²) in [6, 6.07) is 7.99. The molecule has 0 unspecified atom stereocenters. The molecule has 0 spiro atoms. The largest absolute Gasteiger partial charge is 0.481 e. The molecule has 26 heavy (non-hydrogen) atoms. The zero-order chi connectivity index (χ0) is 18.7. The highest BCUT2D eigenvalue weighted by Crippen LogP contribution is 2.45. The van der Waals surface area contributed by atoms with Crippen LogP contribution >= 0.6 is 0 Å². The van der Waals surface area contributed by atoms with E-state index in [1.165, 1.54) is 5.56 Å². The number of carbonyl (C=O) groups excluding carboxylic acids is 1. The molecule has 3 rings (SSSR count). The van der Waals surface area contributed by atoms with E-state index >= 15 is 0 Å². The minimum atomic E-state index is -0.845. The van der Waals surface area contributed by atoms with Gasteiger partial charge in [-0.2, -0.15) is 4.98 Å². The Labute approximate surface area is 151 Å². The SMILES string of the molecule is CC(C)c1ccc(-c2noc(CCC(=O)NCC3(C(=O)O)CC3)n2)cc1. The van der Waals surface area contributed by atoms with Crippen LogP contribution in [0.4, 0.5) is 0 Å². The van der Waals surface area contributed by atoms with Crippen LogP contribution in [0.2, 0.25) is 0 Å². The van der Waals surface area contributed by atoms with E-state index in [0.717, 1.165) is 5.56 Å². The van der Waals surface area contributed by atoms with Crippen LogP contribution in [0, 0.1) is 5.41 Å². The van der Waals surface area contributed by atoms with Crippen molar-refractivity contribution < 1.29 is 19.2 Å². The lowest BCUT2D eigenvalue weighted by Gasteiger charge is -2.10. The second-order valence-corrected chi connectivity index (χ2v) is 7.15. The van der Waals surface area contributed by atoms with Gasteiger partial charge in [-0.05, 0) is 24.3 Å². The molecule has 1 aromatic carbocycles. The highest BCUT2D eigenvalue weighted by molar-refractivity contribution is 5.81. The molecule has 0 saturated heterocycles. The number of aromatic nitrogens is 2. The number of amides is 1. The Morgan fingerprint density at radius 2 is 1.96 bits per heavy atom. The predicted octanol–water partition coefficient (Wildman–Crippen LogP) is 2.77. The van der Waals surface area contributed by atoms with Gasteiger partial charge in [0.05, 0.1) is 5.41 Å². The van der Waals surface area contributed by atoms with Gasteiger partial charge >= 0.3 is 5.97 Å². The maximum Gasteiger partial charge on any atom is 0.311 e. The molecule has 1 aliphatic carbocycles. The third-order valence-corrected chi connectivity index (χ3v) is 4.80. The van der Waals surface area contributed by atoms with Crippen LogP contribution in [0.1, 0.15) is 50.5 Å². The zero-order valence-corrected chi connectivity index (χ0v) is 15.0. The number of hydrogen-bond acceptors (Lipinski definition) is 5. The summed E-state index contributed by atoms with van der Waals surface area (Å²) in [5, 5.41) is 15.7. The fraction of sp³-hybridized carbons (Fsp3) is 0.474. The molecule has 1 aromatic heterocycles. The number of aryl methyl sites for hydroxylation is 1. The van der Waals surface area contributed by atoms with Crippen molar-refractivity contribution in [3.63, 3.8) is 0 Å². The monoisotopic (exact) mass is 357 g/mol. The molecular weight excluding hydrogens is 334 g/mol. The van der Waals surface area contributed by atoms with Crippen molar-refractivity contribution in [3.8, 4) is 11.4 Å². The van der Waals surface area contributed by atoms with Crippen LogP contribution in [0.25, 0.3) is 11.4 Å². The van der Waals surface area contributed by atoms with Gasteiger partial charge in [0.1, 0.15) is 0 Å². The molecule has 0 atom stereocenters. The molecule has 0 bridgehead atoms. The molecule has 1 amide bonds. The van der Waals surface area contributed by atoms with E-state index in [4.69, 9.17) is 9.63 Å². The van der Waals surface area contributed by atoms with Crippen molar-refractivity contribution in [2.75, 3.05) is 6.54 Å². The number of hydrogen-bond donors (Lipinski definition) is 2. The predicted molar refractivity (Wildman–Crippen MR) is 94.5 cm³/mol. The van der Waals surface area contributed by atoms with E-state index in [9.17, 15) is 9.59 Å². The Kier molecular flexibility index (Phi) is 5.06. The van der Waals surface area contributed by atoms with Crippen LogP contribution in [0.15, 0.2) is 28.8 Å². The van der Waals surface area contributed by atoms with E-state index < -0.39 is 11.4 Å². The summed E-state index contributed by atoms with van der Waals surface area (Å²) in [7, 11) is 0. The summed E-state index contributed by atoms with van der Waals surface area (Å²) >= 11 is 0. The quantitative estimate of drug-likeness (QED) is 0.752. The summed E-state index contributed by atoms with van der Waals surface area (Å²) in [5.41, 5.74) is 1.35. The number of aliphatic carboxylic acids is 1. The smallest absolute Gasteiger partial charge is 0.311 e. The third kappa shape index (κ3) is 4.09. The first-order chi connectivity index (χ1) is 12.4. The fourth-order valence-electron chi connectivity index (χ4n) is 2.68. The molecule has 2 N–H and O–H groups in total. The standard InChI is InChI=1S/C19H23N3O4/c1-12(2)13-3-5-14(6-4-13)17-21-16(26-22-17)8-7-15(23)20-11-19(9-10-19)18(24)25/h3-6,12H,7-11H2,1-2H3,(H,20,23)(H,24,25). The first kappa shape index (κ1) is 18.1. The van der Waals surface area contributed by atoms with Crippen molar-refractivity contribution in [2.24, 2.45) is 5.41 Å². The Morgan fingerprint density at radius 1 is 1.27 bits per heavy atom. The normalized spacial score (nSPS) is 15.0. The van der Waals surface area contributed by atoms with Crippen molar-refractivity contribution in [1.29, 1.82) is 0 Å². The summed E-state index contributed by atoms with van der Waals surface area (Å²) in [5.74, 6) is 0.293. The second-order valence-electron chi connectivity index (χ2n) is 7.15. The maximum absolute atomic E-state index is 11.9. The van der Waals surface area contributed by atoms with Gasteiger partial charge in [0, 0.05) is 24.9 Å². The van der Waals surface area contributed by atoms with Crippen molar-refractivity contribution in [2.45, 2.75) is 45.4 Å². The van der Waals surface area contributed by atoms with E-state index in [1.54, 1.807) is 0 Å². The molecule has 7 heteroatoms. The van der Waals surface area contributed by atoms with Gasteiger partial charge in [0.2, 0.25) is 17.6 Å². The first-order valence-electron chi connectivity index (χ1n) is 8.83. The van der Waals surface area contributed by atoms with Crippen LogP contribution in [0.5, 0.6) is 0 Å². The van der Waals surface area contributed by atoms with Crippen LogP contribution in [0.3, 0.4) is 0 Å². The average molecular weight is 357 g/mol. The van der Waals surface area contributed by atoms with Crippen molar-refractivity contribution in [1.82, 2.24) is 15.5 Å². The molecule has 0 aliphatic heterocycles. The minimum absolute atomic E-state index is 0.179. The number of nitrogens with zero attached hydrogens (tertiary/aromatic N) is 2. The van der Waals surface area contributed by atoms with Gasteiger partial charge in [-0.1, -0.05) is 43.3 Å². The molecule has 1 saturated carbocycles. The minimum Gasteiger partial charge on any atom is -0.481 e. The van der Waals surface area contributed by atoms with E-state index in [-0.39, 0.29) is 18.9 Å². The number of carboxylic acid groups (broad SMARTS) is 1. The number of nitrogens with one attached hydrogen (secondary N) is 1. The molecule has 1 fully saturated rings. The van der Waals surface area contributed by atoms with E-state index in [2.05, 4.69) is 29.3 Å². The third-order valence-electron chi connectivity index (χ3n) is 4.80. The molecule has 1 heterocycles. The molecule has 2 aromatic rings. The van der Waals surface area contributed by atoms with Gasteiger partial charge in [-0.25, -0.2) is 0 Å². The Balaban J connectivity index is 1.50. The zero-order valence-electron chi connectivity index (χ0n) is 15.0. The number of carbonyl (C=O) groups is 2. The molecule has 7 nitrogen and oxygen atoms in total. The Hall–Kier alpha value is -2.70. The Bertz CT molecular complexity index is 791. The van der Waals surface area contributed by atoms with Gasteiger partial charge in [-0.15, -0.1) is 0 Å². The average Bonchev–Trinajstić information content (AvgIpc) is 3.28. The molecule has 0 radical (unpaired) electrons. The van der Waals surface area contributed by atoms with Crippen LogP contribution < -0.4 is 5.32 Å². The fourth-order valence-corrected chi connectivity index (χ4v) is 2.68. The van der Waals surface area contributed by atoms with E-state index in [0.29, 0.717) is 36.9 Å². The highest BCUT2D eigenvalue weighted by Gasteiger charge is 2.50. The number of carboxylic acids is 1. The maximum atomic E-state index is 11.9. The molecule has 1 aliphatic rings. The molecule has 138 valence electrons. The van der Waals surface area contributed by atoms with Crippen molar-refractivity contribution >= 4 is 11.9 Å². The van der Waals surface area contributed by atoms with Gasteiger partial charge < -0.3 is 14.9 Å². The number of rotatable bonds is 8. The summed E-state index contributed by atoms with van der Waals surface area (Å²) < 4.78 is 5.21. The van der Waals surface area contributed by atoms with Crippen LogP contribution in [-0.2, 0) is 16.0 Å². The topological polar surface area (TPSA) is 105 Å². The lowest BCUT2D eigenvalue weighted by molar-refractivity contribution is -0.143. The second kappa shape index (κ2) is 7.27. The lowest BCUT2D eigenvalue weighted by atomic mass is 10.0. The molecular formula is C19H23N3O4. The van der Waals surface area contributed by atoms with Gasteiger partial charge in [0.15, 0.2) is 0 Å². The summed E-state index contributed by atoms with van der Waals surface area (Å²) in [4.78, 5) is 27.3.